The van der Waals surface area contributed by atoms with E-state index in [0.29, 0.717) is 29.7 Å². The monoisotopic (exact) mass is 403 g/mol. The van der Waals surface area contributed by atoms with Crippen molar-refractivity contribution in [2.45, 2.75) is 18.3 Å². The quantitative estimate of drug-likeness (QED) is 0.616. The molecule has 2 aromatic carbocycles. The molecule has 0 saturated heterocycles. The highest BCUT2D eigenvalue weighted by Gasteiger charge is 2.44. The maximum Gasteiger partial charge on any atom is 0.288 e. The number of hydrogen-bond acceptors (Lipinski definition) is 6. The summed E-state index contributed by atoms with van der Waals surface area (Å²) < 4.78 is 10.8. The summed E-state index contributed by atoms with van der Waals surface area (Å²) in [6.45, 7) is 0.617. The summed E-state index contributed by atoms with van der Waals surface area (Å²) >= 11 is 0. The molecule has 4 rings (SSSR count). The van der Waals surface area contributed by atoms with Gasteiger partial charge in [-0.25, -0.2) is 9.97 Å². The molecule has 0 spiro atoms. The van der Waals surface area contributed by atoms with Crippen LogP contribution in [-0.4, -0.2) is 36.6 Å². The van der Waals surface area contributed by atoms with Gasteiger partial charge in [0.1, 0.15) is 5.69 Å². The van der Waals surface area contributed by atoms with Gasteiger partial charge in [-0.15, -0.1) is 0 Å². The Kier molecular flexibility index (Phi) is 5.27. The molecule has 1 saturated carbocycles. The molecule has 0 aliphatic heterocycles. The third-order valence-corrected chi connectivity index (χ3v) is 5.46. The van der Waals surface area contributed by atoms with Crippen molar-refractivity contribution >= 4 is 11.9 Å². The normalized spacial score (nSPS) is 14.1. The Morgan fingerprint density at radius 3 is 2.40 bits per heavy atom. The summed E-state index contributed by atoms with van der Waals surface area (Å²) in [5.74, 6) is 0.908. The molecule has 1 heterocycles. The van der Waals surface area contributed by atoms with Gasteiger partial charge in [-0.1, -0.05) is 36.4 Å². The number of carbonyl (C=O) groups excluding carboxylic acids is 1. The van der Waals surface area contributed by atoms with Crippen molar-refractivity contribution < 1.29 is 14.3 Å². The molecule has 1 aliphatic rings. The predicted molar refractivity (Wildman–Crippen MR) is 114 cm³/mol. The Morgan fingerprint density at radius 1 is 1.03 bits per heavy atom. The standard InChI is InChI=1S/C23H23N4O3/c1-29-19-9-8-16(12-20(19)30-2)23(10-11-23)14-25-22-26-17(13-18(27-22)21(24)28)15-6-4-3-5-7-15/h3-9,12-13,24H,10-11,14H2,1-2H3,(H,25,26,27). The van der Waals surface area contributed by atoms with Gasteiger partial charge < -0.3 is 14.8 Å². The van der Waals surface area contributed by atoms with Gasteiger partial charge in [0, 0.05) is 17.5 Å². The maximum atomic E-state index is 11.7. The fourth-order valence-electron chi connectivity index (χ4n) is 3.53. The molecule has 30 heavy (non-hydrogen) atoms. The number of benzene rings is 2. The van der Waals surface area contributed by atoms with Crippen LogP contribution in [0, 0.1) is 0 Å². The first-order chi connectivity index (χ1) is 14.5. The number of hydrogen-bond donors (Lipinski definition) is 1. The van der Waals surface area contributed by atoms with Crippen LogP contribution in [0.4, 0.5) is 5.95 Å². The number of amides is 1. The minimum absolute atomic E-state index is 0.0448. The Morgan fingerprint density at radius 2 is 1.77 bits per heavy atom. The lowest BCUT2D eigenvalue weighted by Gasteiger charge is -2.19. The van der Waals surface area contributed by atoms with E-state index in [-0.39, 0.29) is 11.1 Å². The molecule has 0 unspecified atom stereocenters. The number of aromatic nitrogens is 2. The summed E-state index contributed by atoms with van der Waals surface area (Å²) in [5.41, 5.74) is 10.1. The Hall–Kier alpha value is -3.61. The van der Waals surface area contributed by atoms with Crippen molar-refractivity contribution in [1.82, 2.24) is 15.7 Å². The zero-order chi connectivity index (χ0) is 21.1. The van der Waals surface area contributed by atoms with Crippen LogP contribution in [0.15, 0.2) is 54.6 Å². The molecule has 7 nitrogen and oxygen atoms in total. The summed E-state index contributed by atoms with van der Waals surface area (Å²) in [6.07, 6.45) is 2.05. The van der Waals surface area contributed by atoms with E-state index in [9.17, 15) is 4.79 Å². The van der Waals surface area contributed by atoms with Gasteiger partial charge in [0.25, 0.3) is 5.91 Å². The van der Waals surface area contributed by atoms with E-state index in [1.54, 1.807) is 20.3 Å². The number of nitrogens with one attached hydrogen (secondary N) is 2. The van der Waals surface area contributed by atoms with E-state index < -0.39 is 5.91 Å². The SMILES string of the molecule is COc1ccc(C2(CNc3nc(C([NH])=O)cc(-c4ccccc4)n3)CC2)cc1OC. The van der Waals surface area contributed by atoms with E-state index in [0.717, 1.165) is 24.0 Å². The van der Waals surface area contributed by atoms with E-state index in [1.807, 2.05) is 42.5 Å². The highest BCUT2D eigenvalue weighted by molar-refractivity contribution is 5.91. The van der Waals surface area contributed by atoms with Gasteiger partial charge in [-0.2, -0.15) is 0 Å². The van der Waals surface area contributed by atoms with Crippen molar-refractivity contribution in [3.63, 3.8) is 0 Å². The van der Waals surface area contributed by atoms with Crippen molar-refractivity contribution in [2.75, 3.05) is 26.1 Å². The maximum absolute atomic E-state index is 11.7. The molecular weight excluding hydrogens is 380 g/mol. The molecule has 2 N–H and O–H groups in total. The fourth-order valence-corrected chi connectivity index (χ4v) is 3.53. The highest BCUT2D eigenvalue weighted by Crippen LogP contribution is 2.49. The van der Waals surface area contributed by atoms with E-state index in [1.165, 1.54) is 0 Å². The van der Waals surface area contributed by atoms with Crippen LogP contribution in [0.1, 0.15) is 28.9 Å². The van der Waals surface area contributed by atoms with E-state index >= 15 is 0 Å². The van der Waals surface area contributed by atoms with Gasteiger partial charge in [0.2, 0.25) is 5.95 Å². The van der Waals surface area contributed by atoms with Crippen LogP contribution in [0.5, 0.6) is 11.5 Å². The van der Waals surface area contributed by atoms with E-state index in [2.05, 4.69) is 21.4 Å². The average Bonchev–Trinajstić information content (AvgIpc) is 3.58. The minimum Gasteiger partial charge on any atom is -0.493 e. The molecule has 3 aromatic rings. The average molecular weight is 403 g/mol. The second kappa shape index (κ2) is 8.02. The number of anilines is 1. The molecule has 153 valence electrons. The topological polar surface area (TPSA) is 97.1 Å². The Bertz CT molecular complexity index is 1070. The number of carbonyl (C=O) groups is 1. The molecule has 1 fully saturated rings. The summed E-state index contributed by atoms with van der Waals surface area (Å²) in [7, 11) is 3.25. The first-order valence-corrected chi connectivity index (χ1v) is 9.71. The second-order valence-corrected chi connectivity index (χ2v) is 7.36. The predicted octanol–water partition coefficient (Wildman–Crippen LogP) is 3.73. The minimum atomic E-state index is -0.835. The molecule has 1 amide bonds. The van der Waals surface area contributed by atoms with Crippen molar-refractivity contribution in [3.8, 4) is 22.8 Å². The number of rotatable bonds is 8. The first-order valence-electron chi connectivity index (χ1n) is 9.71. The Balaban J connectivity index is 1.59. The van der Waals surface area contributed by atoms with Crippen molar-refractivity contribution in [2.24, 2.45) is 0 Å². The molecule has 7 heteroatoms. The zero-order valence-electron chi connectivity index (χ0n) is 16.9. The van der Waals surface area contributed by atoms with Crippen LogP contribution in [0.25, 0.3) is 11.3 Å². The van der Waals surface area contributed by atoms with Crippen LogP contribution in [0.2, 0.25) is 0 Å². The Labute approximate surface area is 175 Å². The molecule has 1 aromatic heterocycles. The smallest absolute Gasteiger partial charge is 0.288 e. The second-order valence-electron chi connectivity index (χ2n) is 7.36. The molecular formula is C23H23N4O3. The van der Waals surface area contributed by atoms with Crippen LogP contribution >= 0.6 is 0 Å². The zero-order valence-corrected chi connectivity index (χ0v) is 16.9. The highest BCUT2D eigenvalue weighted by atomic mass is 16.5. The van der Waals surface area contributed by atoms with Crippen molar-refractivity contribution in [1.29, 1.82) is 0 Å². The van der Waals surface area contributed by atoms with Crippen LogP contribution in [-0.2, 0) is 5.41 Å². The third-order valence-electron chi connectivity index (χ3n) is 5.46. The van der Waals surface area contributed by atoms with Gasteiger partial charge in [-0.05, 0) is 36.6 Å². The molecule has 0 bridgehead atoms. The molecule has 0 atom stereocenters. The lowest BCUT2D eigenvalue weighted by molar-refractivity contribution is 0.0987. The van der Waals surface area contributed by atoms with Crippen LogP contribution < -0.4 is 20.5 Å². The summed E-state index contributed by atoms with van der Waals surface area (Å²) in [5, 5.41) is 3.29. The van der Waals surface area contributed by atoms with Gasteiger partial charge in [-0.3, -0.25) is 10.5 Å². The lowest BCUT2D eigenvalue weighted by Crippen LogP contribution is -2.21. The first kappa shape index (κ1) is 19.7. The molecule has 1 aliphatic carbocycles. The van der Waals surface area contributed by atoms with Gasteiger partial charge in [0.05, 0.1) is 19.9 Å². The third kappa shape index (κ3) is 3.91. The van der Waals surface area contributed by atoms with Crippen LogP contribution in [0.3, 0.4) is 0 Å². The number of methoxy groups -OCH3 is 2. The van der Waals surface area contributed by atoms with Gasteiger partial charge >= 0.3 is 0 Å². The van der Waals surface area contributed by atoms with E-state index in [4.69, 9.17) is 15.2 Å². The number of ether oxygens (including phenoxy) is 2. The molecule has 1 radical (unpaired) electrons. The summed E-state index contributed by atoms with van der Waals surface area (Å²) in [6, 6.07) is 17.1. The lowest BCUT2D eigenvalue weighted by atomic mass is 9.95. The van der Waals surface area contributed by atoms with Gasteiger partial charge in [0.15, 0.2) is 11.5 Å². The number of nitrogens with zero attached hydrogens (tertiary/aromatic N) is 2. The van der Waals surface area contributed by atoms with Crippen molar-refractivity contribution in [3.05, 3.63) is 65.9 Å². The fraction of sp³-hybridized carbons (Fsp3) is 0.261. The largest absolute Gasteiger partial charge is 0.493 e. The summed E-state index contributed by atoms with van der Waals surface area (Å²) in [4.78, 5) is 20.5.